The molecule has 3 aromatic heterocycles. The molecule has 3 N–H and O–H groups in total. The Bertz CT molecular complexity index is 2300. The number of carboxylic acid groups (broad SMARTS) is 1. The van der Waals surface area contributed by atoms with E-state index in [4.69, 9.17) is 0 Å². The number of aliphatic carboxylic acids is 1. The van der Waals surface area contributed by atoms with Gasteiger partial charge in [0.05, 0.1) is 22.8 Å². The van der Waals surface area contributed by atoms with Gasteiger partial charge in [0, 0.05) is 44.3 Å². The van der Waals surface area contributed by atoms with Crippen molar-refractivity contribution >= 4 is 28.5 Å². The van der Waals surface area contributed by atoms with Crippen LogP contribution < -0.4 is 21.9 Å². The van der Waals surface area contributed by atoms with Crippen molar-refractivity contribution in [1.29, 1.82) is 0 Å². The van der Waals surface area contributed by atoms with Gasteiger partial charge >= 0.3 is 11.7 Å². The third-order valence-corrected chi connectivity index (χ3v) is 8.29. The standard InChI is InChI=1S/C37H30F2N6O5/c1-44-32-21-41-16-13-28(32)35(47)45(37(44)50)27-8-4-23(5-9-27)18-31(36(48)49)43-34(46)33-29(38)19-26(20-30(33)39)42-17-10-22-2-6-24(7-3-22)25-11-14-40-15-12-25/h2-9,11-16,19-21,31,42H,10,17-18H2,1H3,(H,43,46)(H,48,49)/t31-/m0/s1. The van der Waals surface area contributed by atoms with Crippen LogP contribution in [0, 0.1) is 11.6 Å². The molecule has 13 heteroatoms. The SMILES string of the molecule is Cn1c(=O)n(-c2ccc(C[C@H](NC(=O)c3c(F)cc(NCCc4ccc(-c5ccncc5)cc4)cc3F)C(=O)O)cc2)c(=O)c2ccncc21. The number of hydrogen-bond acceptors (Lipinski definition) is 7. The third-order valence-electron chi connectivity index (χ3n) is 8.29. The molecule has 0 bridgehead atoms. The first-order chi connectivity index (χ1) is 24.1. The van der Waals surface area contributed by atoms with E-state index in [1.807, 2.05) is 36.4 Å². The lowest BCUT2D eigenvalue weighted by molar-refractivity contribution is -0.139. The number of carbonyl (C=O) groups is 2. The minimum atomic E-state index is -1.54. The quantitative estimate of drug-likeness (QED) is 0.182. The summed E-state index contributed by atoms with van der Waals surface area (Å²) in [5.41, 5.74) is 2.17. The number of nitrogens with zero attached hydrogens (tertiary/aromatic N) is 4. The smallest absolute Gasteiger partial charge is 0.335 e. The number of anilines is 1. The maximum Gasteiger partial charge on any atom is 0.335 e. The zero-order valence-corrected chi connectivity index (χ0v) is 26.6. The molecule has 1 amide bonds. The molecule has 0 unspecified atom stereocenters. The summed E-state index contributed by atoms with van der Waals surface area (Å²) in [6.45, 7) is 0.362. The molecule has 3 aromatic carbocycles. The molecule has 6 aromatic rings. The Labute approximate surface area is 283 Å². The van der Waals surface area contributed by atoms with Crippen LogP contribution in [0.15, 0.2) is 113 Å². The van der Waals surface area contributed by atoms with Crippen molar-refractivity contribution in [3.63, 3.8) is 0 Å². The van der Waals surface area contributed by atoms with Gasteiger partial charge in [-0.05, 0) is 71.1 Å². The highest BCUT2D eigenvalue weighted by atomic mass is 19.1. The highest BCUT2D eigenvalue weighted by Gasteiger charge is 2.26. The number of benzene rings is 3. The van der Waals surface area contributed by atoms with Crippen molar-refractivity contribution in [3.05, 3.63) is 153 Å². The number of carbonyl (C=O) groups excluding carboxylic acids is 1. The summed E-state index contributed by atoms with van der Waals surface area (Å²) >= 11 is 0. The van der Waals surface area contributed by atoms with E-state index in [9.17, 15) is 24.3 Å². The van der Waals surface area contributed by atoms with Crippen LogP contribution in [0.1, 0.15) is 21.5 Å². The van der Waals surface area contributed by atoms with Gasteiger partial charge in [-0.15, -0.1) is 0 Å². The Morgan fingerprint density at radius 2 is 1.46 bits per heavy atom. The van der Waals surface area contributed by atoms with E-state index in [0.29, 0.717) is 24.0 Å². The zero-order chi connectivity index (χ0) is 35.4. The van der Waals surface area contributed by atoms with Gasteiger partial charge in [-0.1, -0.05) is 36.4 Å². The largest absolute Gasteiger partial charge is 0.480 e. The molecule has 1 atom stereocenters. The average Bonchev–Trinajstić information content (AvgIpc) is 3.11. The van der Waals surface area contributed by atoms with E-state index < -0.39 is 46.4 Å². The molecule has 0 saturated carbocycles. The first-order valence-electron chi connectivity index (χ1n) is 15.5. The summed E-state index contributed by atoms with van der Waals surface area (Å²) in [7, 11) is 1.51. The first kappa shape index (κ1) is 33.4. The minimum Gasteiger partial charge on any atom is -0.480 e. The van der Waals surface area contributed by atoms with Crippen LogP contribution in [-0.4, -0.2) is 48.7 Å². The molecule has 0 saturated heterocycles. The summed E-state index contributed by atoms with van der Waals surface area (Å²) in [4.78, 5) is 59.0. The van der Waals surface area contributed by atoms with E-state index >= 15 is 8.78 Å². The maximum atomic E-state index is 15.0. The van der Waals surface area contributed by atoms with E-state index in [1.54, 1.807) is 12.4 Å². The van der Waals surface area contributed by atoms with Crippen molar-refractivity contribution < 1.29 is 23.5 Å². The van der Waals surface area contributed by atoms with E-state index in [0.717, 1.165) is 33.4 Å². The summed E-state index contributed by atoms with van der Waals surface area (Å²) in [5, 5.41) is 15.2. The summed E-state index contributed by atoms with van der Waals surface area (Å²) < 4.78 is 32.4. The fourth-order valence-electron chi connectivity index (χ4n) is 5.62. The lowest BCUT2D eigenvalue weighted by Crippen LogP contribution is -2.43. The molecule has 6 rings (SSSR count). The van der Waals surface area contributed by atoms with Crippen LogP contribution in [-0.2, 0) is 24.7 Å². The minimum absolute atomic E-state index is 0.122. The van der Waals surface area contributed by atoms with Crippen LogP contribution in [0.2, 0.25) is 0 Å². The summed E-state index contributed by atoms with van der Waals surface area (Å²) in [6, 6.07) is 19.6. The molecule has 11 nitrogen and oxygen atoms in total. The van der Waals surface area contributed by atoms with Gasteiger partial charge in [0.1, 0.15) is 23.2 Å². The monoisotopic (exact) mass is 676 g/mol. The van der Waals surface area contributed by atoms with E-state index in [-0.39, 0.29) is 23.2 Å². The van der Waals surface area contributed by atoms with Crippen LogP contribution in [0.5, 0.6) is 0 Å². The summed E-state index contributed by atoms with van der Waals surface area (Å²) in [5.74, 6) is -4.97. The molecule has 50 heavy (non-hydrogen) atoms. The average molecular weight is 677 g/mol. The number of fused-ring (bicyclic) bond motifs is 1. The van der Waals surface area contributed by atoms with Gasteiger partial charge in [0.25, 0.3) is 11.5 Å². The second-order valence-corrected chi connectivity index (χ2v) is 11.5. The molecule has 3 heterocycles. The van der Waals surface area contributed by atoms with Gasteiger partial charge in [0.15, 0.2) is 0 Å². The van der Waals surface area contributed by atoms with Crippen LogP contribution >= 0.6 is 0 Å². The molecular formula is C37H30F2N6O5. The highest BCUT2D eigenvalue weighted by molar-refractivity contribution is 5.97. The van der Waals surface area contributed by atoms with Gasteiger partial charge in [-0.2, -0.15) is 0 Å². The number of hydrogen-bond donors (Lipinski definition) is 3. The number of rotatable bonds is 11. The molecule has 0 radical (unpaired) electrons. The van der Waals surface area contributed by atoms with Crippen LogP contribution in [0.4, 0.5) is 14.5 Å². The predicted octanol–water partition coefficient (Wildman–Crippen LogP) is 4.50. The number of aryl methyl sites for hydroxylation is 1. The number of halogens is 2. The molecule has 252 valence electrons. The van der Waals surface area contributed by atoms with Crippen LogP contribution in [0.3, 0.4) is 0 Å². The molecule has 0 fully saturated rings. The number of carboxylic acids is 1. The van der Waals surface area contributed by atoms with Crippen molar-refractivity contribution in [2.75, 3.05) is 11.9 Å². The van der Waals surface area contributed by atoms with Crippen molar-refractivity contribution in [3.8, 4) is 16.8 Å². The number of nitrogens with one attached hydrogen (secondary N) is 2. The second kappa shape index (κ2) is 14.3. The fraction of sp³-hybridized carbons (Fsp3) is 0.135. The predicted molar refractivity (Wildman–Crippen MR) is 183 cm³/mol. The molecule has 0 aliphatic carbocycles. The lowest BCUT2D eigenvalue weighted by atomic mass is 10.0. The second-order valence-electron chi connectivity index (χ2n) is 11.5. The Morgan fingerprint density at radius 3 is 2.12 bits per heavy atom. The fourth-order valence-corrected chi connectivity index (χ4v) is 5.62. The van der Waals surface area contributed by atoms with Gasteiger partial charge < -0.3 is 15.7 Å². The Morgan fingerprint density at radius 1 is 0.840 bits per heavy atom. The third kappa shape index (κ3) is 7.02. The lowest BCUT2D eigenvalue weighted by Gasteiger charge is -2.16. The molecule has 0 spiro atoms. The summed E-state index contributed by atoms with van der Waals surface area (Å²) in [6.07, 6.45) is 6.62. The van der Waals surface area contributed by atoms with Crippen molar-refractivity contribution in [2.24, 2.45) is 7.05 Å². The Balaban J connectivity index is 1.10. The van der Waals surface area contributed by atoms with Gasteiger partial charge in [-0.25, -0.2) is 22.9 Å². The van der Waals surface area contributed by atoms with Crippen LogP contribution in [0.25, 0.3) is 27.7 Å². The first-order valence-corrected chi connectivity index (χ1v) is 15.5. The number of pyridine rings is 2. The van der Waals surface area contributed by atoms with E-state index in [1.165, 1.54) is 54.3 Å². The Hall–Kier alpha value is -6.50. The molecular weight excluding hydrogens is 646 g/mol. The van der Waals surface area contributed by atoms with Crippen molar-refractivity contribution in [2.45, 2.75) is 18.9 Å². The van der Waals surface area contributed by atoms with E-state index in [2.05, 4.69) is 20.6 Å². The van der Waals surface area contributed by atoms with Gasteiger partial charge in [-0.3, -0.25) is 24.1 Å². The normalized spacial score (nSPS) is 11.7. The number of amides is 1. The maximum absolute atomic E-state index is 15.0. The highest BCUT2D eigenvalue weighted by Crippen LogP contribution is 2.21. The van der Waals surface area contributed by atoms with Gasteiger partial charge in [0.2, 0.25) is 0 Å². The number of aromatic nitrogens is 4. The molecule has 0 aliphatic rings. The zero-order valence-electron chi connectivity index (χ0n) is 26.6. The Kier molecular flexibility index (Phi) is 9.57. The topological polar surface area (TPSA) is 148 Å². The van der Waals surface area contributed by atoms with Crippen molar-refractivity contribution in [1.82, 2.24) is 24.4 Å². The molecule has 0 aliphatic heterocycles.